The second-order valence-corrected chi connectivity index (χ2v) is 7.24. The van der Waals surface area contributed by atoms with Crippen LogP contribution in [0.5, 0.6) is 0 Å². The second kappa shape index (κ2) is 7.55. The lowest BCUT2D eigenvalue weighted by molar-refractivity contribution is 0.207. The molecule has 1 saturated heterocycles. The third-order valence-electron chi connectivity index (χ3n) is 4.75. The van der Waals surface area contributed by atoms with E-state index in [1.165, 1.54) is 17.6 Å². The van der Waals surface area contributed by atoms with Gasteiger partial charge in [0.15, 0.2) is 5.82 Å². The van der Waals surface area contributed by atoms with Crippen molar-refractivity contribution in [3.8, 4) is 11.4 Å². The number of amides is 2. The summed E-state index contributed by atoms with van der Waals surface area (Å²) < 4.78 is 23.3. The maximum Gasteiger partial charge on any atom is 0.324 e. The van der Waals surface area contributed by atoms with Crippen LogP contribution in [-0.2, 0) is 0 Å². The van der Waals surface area contributed by atoms with Gasteiger partial charge < -0.3 is 14.3 Å². The number of piperazine rings is 1. The molecule has 0 atom stereocenters. The number of rotatable bonds is 3. The molecule has 4 rings (SSSR count). The minimum Gasteiger partial charge on any atom is -0.343 e. The summed E-state index contributed by atoms with van der Waals surface area (Å²) in [7, 11) is 0. The summed E-state index contributed by atoms with van der Waals surface area (Å²) in [6.45, 7) is 5.98. The maximum absolute atomic E-state index is 13.9. The number of aromatic nitrogens is 3. The predicted octanol–water partition coefficient (Wildman–Crippen LogP) is 3.30. The molecule has 1 aromatic carbocycles. The van der Waals surface area contributed by atoms with Crippen molar-refractivity contribution >= 4 is 28.6 Å². The van der Waals surface area contributed by atoms with E-state index in [1.54, 1.807) is 23.1 Å². The van der Waals surface area contributed by atoms with E-state index in [0.717, 1.165) is 16.4 Å². The summed E-state index contributed by atoms with van der Waals surface area (Å²) in [5, 5.41) is 7.32. The highest BCUT2D eigenvalue weighted by atomic mass is 32.1. The first-order valence-electron chi connectivity index (χ1n) is 8.85. The van der Waals surface area contributed by atoms with E-state index < -0.39 is 0 Å². The zero-order valence-corrected chi connectivity index (χ0v) is 16.3. The van der Waals surface area contributed by atoms with Crippen LogP contribution in [0.1, 0.15) is 11.3 Å². The first kappa shape index (κ1) is 18.4. The van der Waals surface area contributed by atoms with Crippen LogP contribution in [0.3, 0.4) is 0 Å². The number of benzene rings is 1. The Morgan fingerprint density at radius 3 is 2.64 bits per heavy atom. The highest BCUT2D eigenvalue weighted by Crippen LogP contribution is 2.26. The Morgan fingerprint density at radius 1 is 1.21 bits per heavy atom. The molecule has 1 fully saturated rings. The lowest BCUT2D eigenvalue weighted by atomic mass is 10.2. The zero-order valence-electron chi connectivity index (χ0n) is 15.5. The van der Waals surface area contributed by atoms with Gasteiger partial charge >= 0.3 is 6.03 Å². The molecule has 0 bridgehead atoms. The molecule has 1 aliphatic heterocycles. The number of urea groups is 1. The minimum atomic E-state index is -0.341. The number of anilines is 2. The molecule has 0 saturated carbocycles. The first-order valence-corrected chi connectivity index (χ1v) is 9.62. The summed E-state index contributed by atoms with van der Waals surface area (Å²) in [6.07, 6.45) is 0. The zero-order chi connectivity index (χ0) is 19.7. The molecule has 8 nitrogen and oxygen atoms in total. The molecule has 0 radical (unpaired) electrons. The minimum absolute atomic E-state index is 0.219. The number of hydrogen-bond acceptors (Lipinski definition) is 7. The van der Waals surface area contributed by atoms with E-state index in [4.69, 9.17) is 4.52 Å². The van der Waals surface area contributed by atoms with Gasteiger partial charge in [-0.05, 0) is 26.0 Å². The molecule has 146 valence electrons. The normalized spacial score (nSPS) is 14.4. The summed E-state index contributed by atoms with van der Waals surface area (Å²) >= 11 is 1.23. The third-order valence-corrected chi connectivity index (χ3v) is 5.52. The van der Waals surface area contributed by atoms with E-state index in [-0.39, 0.29) is 11.8 Å². The Bertz CT molecular complexity index is 996. The molecule has 3 heterocycles. The van der Waals surface area contributed by atoms with E-state index in [2.05, 4.69) is 24.7 Å². The van der Waals surface area contributed by atoms with Gasteiger partial charge in [-0.15, -0.1) is 0 Å². The highest BCUT2D eigenvalue weighted by molar-refractivity contribution is 7.09. The summed E-state index contributed by atoms with van der Waals surface area (Å²) in [5.41, 5.74) is 1.96. The van der Waals surface area contributed by atoms with E-state index in [0.29, 0.717) is 43.5 Å². The van der Waals surface area contributed by atoms with Crippen LogP contribution in [0.15, 0.2) is 28.8 Å². The fraction of sp³-hybridized carbons (Fsp3) is 0.333. The average molecular weight is 402 g/mol. The molecule has 0 unspecified atom stereocenters. The van der Waals surface area contributed by atoms with Gasteiger partial charge in [0.05, 0.1) is 11.3 Å². The molecule has 1 N–H and O–H groups in total. The molecule has 3 aromatic rings. The predicted molar refractivity (Wildman–Crippen MR) is 104 cm³/mol. The van der Waals surface area contributed by atoms with Crippen LogP contribution in [-0.4, -0.2) is 51.6 Å². The SMILES string of the molecule is Cc1noc(NC(=O)N2CCN(c3nc(-c4ccccc4F)ns3)CC2)c1C. The van der Waals surface area contributed by atoms with Crippen LogP contribution >= 0.6 is 11.5 Å². The van der Waals surface area contributed by atoms with Gasteiger partial charge in [0.25, 0.3) is 0 Å². The van der Waals surface area contributed by atoms with Crippen molar-refractivity contribution in [2.75, 3.05) is 36.4 Å². The topological polar surface area (TPSA) is 87.4 Å². The van der Waals surface area contributed by atoms with Gasteiger partial charge in [-0.2, -0.15) is 9.36 Å². The van der Waals surface area contributed by atoms with Gasteiger partial charge in [-0.3, -0.25) is 5.32 Å². The smallest absolute Gasteiger partial charge is 0.324 e. The lowest BCUT2D eigenvalue weighted by Gasteiger charge is -2.34. The Kier molecular flexibility index (Phi) is 4.95. The van der Waals surface area contributed by atoms with E-state index >= 15 is 0 Å². The molecule has 1 aliphatic rings. The van der Waals surface area contributed by atoms with Crippen molar-refractivity contribution in [2.24, 2.45) is 0 Å². The maximum atomic E-state index is 13.9. The van der Waals surface area contributed by atoms with E-state index in [1.807, 2.05) is 13.8 Å². The fourth-order valence-corrected chi connectivity index (χ4v) is 3.64. The van der Waals surface area contributed by atoms with E-state index in [9.17, 15) is 9.18 Å². The van der Waals surface area contributed by atoms with Crippen LogP contribution < -0.4 is 10.2 Å². The number of aryl methyl sites for hydroxylation is 1. The molecule has 2 aromatic heterocycles. The number of hydrogen-bond donors (Lipinski definition) is 1. The lowest BCUT2D eigenvalue weighted by Crippen LogP contribution is -2.50. The van der Waals surface area contributed by atoms with Crippen molar-refractivity contribution in [2.45, 2.75) is 13.8 Å². The van der Waals surface area contributed by atoms with Gasteiger partial charge in [-0.1, -0.05) is 17.3 Å². The van der Waals surface area contributed by atoms with Crippen molar-refractivity contribution in [3.63, 3.8) is 0 Å². The Morgan fingerprint density at radius 2 is 1.96 bits per heavy atom. The van der Waals surface area contributed by atoms with Crippen LogP contribution in [0.2, 0.25) is 0 Å². The largest absolute Gasteiger partial charge is 0.343 e. The molecular weight excluding hydrogens is 383 g/mol. The van der Waals surface area contributed by atoms with Gasteiger partial charge in [0, 0.05) is 43.3 Å². The van der Waals surface area contributed by atoms with Crippen LogP contribution in [0, 0.1) is 19.7 Å². The van der Waals surface area contributed by atoms with Crippen LogP contribution in [0.4, 0.5) is 20.2 Å². The molecular formula is C18H19FN6O2S. The first-order chi connectivity index (χ1) is 13.5. The summed E-state index contributed by atoms with van der Waals surface area (Å²) in [5.74, 6) is 0.421. The second-order valence-electron chi connectivity index (χ2n) is 6.51. The third kappa shape index (κ3) is 3.55. The Labute approximate surface area is 165 Å². The molecule has 28 heavy (non-hydrogen) atoms. The summed E-state index contributed by atoms with van der Waals surface area (Å²) in [6, 6.07) is 6.23. The van der Waals surface area contributed by atoms with Gasteiger partial charge in [0.1, 0.15) is 5.82 Å². The van der Waals surface area contributed by atoms with Gasteiger partial charge in [0.2, 0.25) is 11.0 Å². The van der Waals surface area contributed by atoms with Gasteiger partial charge in [-0.25, -0.2) is 9.18 Å². The molecule has 2 amide bonds. The monoisotopic (exact) mass is 402 g/mol. The van der Waals surface area contributed by atoms with Crippen molar-refractivity contribution < 1.29 is 13.7 Å². The quantitative estimate of drug-likeness (QED) is 0.723. The fourth-order valence-electron chi connectivity index (χ4n) is 2.90. The number of halogens is 1. The summed E-state index contributed by atoms with van der Waals surface area (Å²) in [4.78, 5) is 20.7. The number of nitrogens with zero attached hydrogens (tertiary/aromatic N) is 5. The van der Waals surface area contributed by atoms with Crippen molar-refractivity contribution in [3.05, 3.63) is 41.3 Å². The van der Waals surface area contributed by atoms with Crippen LogP contribution in [0.25, 0.3) is 11.4 Å². The molecule has 0 aliphatic carbocycles. The Balaban J connectivity index is 1.37. The number of carbonyl (C=O) groups is 1. The average Bonchev–Trinajstić information content (AvgIpc) is 3.31. The standard InChI is InChI=1S/C18H19FN6O2S/c1-11-12(2)22-27-16(11)21-17(26)24-7-9-25(10-8-24)18-20-15(23-28-18)13-5-3-4-6-14(13)19/h3-6H,7-10H2,1-2H3,(H,21,26). The van der Waals surface area contributed by atoms with Crippen molar-refractivity contribution in [1.29, 1.82) is 0 Å². The molecule has 0 spiro atoms. The number of nitrogens with one attached hydrogen (secondary N) is 1. The molecule has 10 heteroatoms. The number of carbonyl (C=O) groups excluding carboxylic acids is 1. The van der Waals surface area contributed by atoms with Crippen molar-refractivity contribution in [1.82, 2.24) is 19.4 Å². The Hall–Kier alpha value is -3.01. The highest BCUT2D eigenvalue weighted by Gasteiger charge is 2.25.